The van der Waals surface area contributed by atoms with Crippen LogP contribution in [-0.2, 0) is 20.9 Å². The molecule has 1 atom stereocenters. The summed E-state index contributed by atoms with van der Waals surface area (Å²) in [5.74, 6) is -0.969. The second-order valence-electron chi connectivity index (χ2n) is 7.03. The Morgan fingerprint density at radius 1 is 1.36 bits per heavy atom. The largest absolute Gasteiger partial charge is 0.508 e. The molecule has 1 aromatic carbocycles. The lowest BCUT2D eigenvalue weighted by molar-refractivity contribution is -0.155. The minimum Gasteiger partial charge on any atom is -0.508 e. The lowest BCUT2D eigenvalue weighted by Gasteiger charge is -2.27. The van der Waals surface area contributed by atoms with Crippen molar-refractivity contribution in [3.8, 4) is 5.75 Å². The maximum atomic E-state index is 12.6. The number of benzene rings is 1. The van der Waals surface area contributed by atoms with E-state index in [0.29, 0.717) is 11.1 Å². The fourth-order valence-corrected chi connectivity index (χ4v) is 2.82. The molecule has 1 aromatic rings. The van der Waals surface area contributed by atoms with Gasteiger partial charge in [-0.15, -0.1) is 0 Å². The van der Waals surface area contributed by atoms with Gasteiger partial charge in [0.05, 0.1) is 0 Å². The summed E-state index contributed by atoms with van der Waals surface area (Å²) in [6, 6.07) is 3.72. The van der Waals surface area contributed by atoms with Gasteiger partial charge in [-0.2, -0.15) is 0 Å². The maximum Gasteiger partial charge on any atom is 0.306 e. The van der Waals surface area contributed by atoms with Gasteiger partial charge in [-0.1, -0.05) is 0 Å². The average Bonchev–Trinajstić information content (AvgIpc) is 2.81. The van der Waals surface area contributed by atoms with Gasteiger partial charge in [0.1, 0.15) is 17.4 Å². The van der Waals surface area contributed by atoms with Crippen molar-refractivity contribution in [2.45, 2.75) is 51.8 Å². The molecule has 0 aliphatic carbocycles. The normalized spacial score (nSPS) is 14.9. The van der Waals surface area contributed by atoms with Gasteiger partial charge in [-0.3, -0.25) is 14.4 Å². The highest BCUT2D eigenvalue weighted by Crippen LogP contribution is 2.29. The molecule has 2 N–H and O–H groups in total. The molecule has 2 rings (SSSR count). The van der Waals surface area contributed by atoms with Crippen molar-refractivity contribution in [1.29, 1.82) is 0 Å². The van der Waals surface area contributed by atoms with E-state index in [9.17, 15) is 19.5 Å². The molecule has 0 radical (unpaired) electrons. The Morgan fingerprint density at radius 2 is 2.04 bits per heavy atom. The third-order valence-electron chi connectivity index (χ3n) is 3.89. The zero-order valence-corrected chi connectivity index (χ0v) is 15.0. The standard InChI is InChI=1S/C18H24N2O5/c1-18(2,3)25-15(22)8-7-14(16(23)19-4)20-10-11-9-12(21)5-6-13(11)17(20)24/h5-6,9,14,21H,7-8,10H2,1-4H3,(H,19,23). The van der Waals surface area contributed by atoms with Crippen LogP contribution in [0.5, 0.6) is 5.75 Å². The van der Waals surface area contributed by atoms with Crippen LogP contribution in [0.1, 0.15) is 49.5 Å². The summed E-state index contributed by atoms with van der Waals surface area (Å²) in [5, 5.41) is 12.1. The molecule has 1 unspecified atom stereocenters. The Hall–Kier alpha value is -2.57. The van der Waals surface area contributed by atoms with Crippen LogP contribution in [0.3, 0.4) is 0 Å². The summed E-state index contributed by atoms with van der Waals surface area (Å²) < 4.78 is 5.26. The molecule has 25 heavy (non-hydrogen) atoms. The number of phenols is 1. The van der Waals surface area contributed by atoms with Gasteiger partial charge in [0.15, 0.2) is 0 Å². The number of amides is 2. The number of carbonyl (C=O) groups is 3. The van der Waals surface area contributed by atoms with Crippen molar-refractivity contribution in [1.82, 2.24) is 10.2 Å². The molecule has 0 saturated heterocycles. The van der Waals surface area contributed by atoms with Crippen LogP contribution in [0.15, 0.2) is 18.2 Å². The molecular weight excluding hydrogens is 324 g/mol. The summed E-state index contributed by atoms with van der Waals surface area (Å²) >= 11 is 0. The molecule has 136 valence electrons. The fourth-order valence-electron chi connectivity index (χ4n) is 2.82. The summed E-state index contributed by atoms with van der Waals surface area (Å²) in [6.45, 7) is 5.53. The van der Waals surface area contributed by atoms with Gasteiger partial charge in [0.25, 0.3) is 5.91 Å². The van der Waals surface area contributed by atoms with Gasteiger partial charge in [0, 0.05) is 25.6 Å². The molecule has 0 fully saturated rings. The molecule has 0 aromatic heterocycles. The van der Waals surface area contributed by atoms with E-state index in [1.165, 1.54) is 24.1 Å². The van der Waals surface area contributed by atoms with Crippen molar-refractivity contribution in [2.24, 2.45) is 0 Å². The predicted octanol–water partition coefficient (Wildman–Crippen LogP) is 1.58. The van der Waals surface area contributed by atoms with Gasteiger partial charge in [-0.05, 0) is 51.0 Å². The van der Waals surface area contributed by atoms with Crippen molar-refractivity contribution >= 4 is 17.8 Å². The first kappa shape index (κ1) is 18.8. The number of carbonyl (C=O) groups excluding carboxylic acids is 3. The first-order chi connectivity index (χ1) is 11.6. The van der Waals surface area contributed by atoms with Crippen molar-refractivity contribution in [3.63, 3.8) is 0 Å². The third kappa shape index (κ3) is 4.49. The molecule has 2 amide bonds. The predicted molar refractivity (Wildman–Crippen MR) is 90.9 cm³/mol. The Kier molecular flexibility index (Phi) is 5.35. The smallest absolute Gasteiger partial charge is 0.306 e. The number of rotatable bonds is 5. The number of phenolic OH excluding ortho intramolecular Hbond substituents is 1. The Balaban J connectivity index is 2.12. The van der Waals surface area contributed by atoms with Crippen LogP contribution >= 0.6 is 0 Å². The second kappa shape index (κ2) is 7.13. The zero-order valence-electron chi connectivity index (χ0n) is 15.0. The molecular formula is C18H24N2O5. The average molecular weight is 348 g/mol. The monoisotopic (exact) mass is 348 g/mol. The number of likely N-dealkylation sites (N-methyl/N-ethyl adjacent to an activating group) is 1. The number of nitrogens with zero attached hydrogens (tertiary/aromatic N) is 1. The van der Waals surface area contributed by atoms with Gasteiger partial charge >= 0.3 is 5.97 Å². The van der Waals surface area contributed by atoms with Crippen LogP contribution in [0.25, 0.3) is 0 Å². The van der Waals surface area contributed by atoms with Crippen molar-refractivity contribution in [3.05, 3.63) is 29.3 Å². The van der Waals surface area contributed by atoms with Crippen molar-refractivity contribution in [2.75, 3.05) is 7.05 Å². The zero-order chi connectivity index (χ0) is 18.8. The Bertz CT molecular complexity index is 693. The van der Waals surface area contributed by atoms with Crippen molar-refractivity contribution < 1.29 is 24.2 Å². The number of hydrogen-bond acceptors (Lipinski definition) is 5. The molecule has 7 heteroatoms. The first-order valence-electron chi connectivity index (χ1n) is 8.18. The number of hydrogen-bond donors (Lipinski definition) is 2. The molecule has 0 spiro atoms. The van der Waals surface area contributed by atoms with Gasteiger partial charge < -0.3 is 20.1 Å². The van der Waals surface area contributed by atoms with Crippen LogP contribution in [-0.4, -0.2) is 46.5 Å². The van der Waals surface area contributed by atoms with E-state index in [1.807, 2.05) is 0 Å². The third-order valence-corrected chi connectivity index (χ3v) is 3.89. The van der Waals surface area contributed by atoms with Crippen LogP contribution in [0, 0.1) is 0 Å². The maximum absolute atomic E-state index is 12.6. The van der Waals surface area contributed by atoms with E-state index in [0.717, 1.165) is 0 Å². The second-order valence-corrected chi connectivity index (χ2v) is 7.03. The number of ether oxygens (including phenoxy) is 1. The van der Waals surface area contributed by atoms with E-state index >= 15 is 0 Å². The summed E-state index contributed by atoms with van der Waals surface area (Å²) in [7, 11) is 1.49. The highest BCUT2D eigenvalue weighted by Gasteiger charge is 2.36. The molecule has 0 saturated carbocycles. The number of aromatic hydroxyl groups is 1. The van der Waals surface area contributed by atoms with Crippen LogP contribution in [0.4, 0.5) is 0 Å². The minimum absolute atomic E-state index is 0.0285. The van der Waals surface area contributed by atoms with E-state index in [1.54, 1.807) is 26.8 Å². The Morgan fingerprint density at radius 3 is 2.64 bits per heavy atom. The number of fused-ring (bicyclic) bond motifs is 1. The molecule has 1 aliphatic heterocycles. The SMILES string of the molecule is CNC(=O)C(CCC(=O)OC(C)(C)C)N1Cc2cc(O)ccc2C1=O. The number of esters is 1. The van der Waals surface area contributed by atoms with E-state index in [-0.39, 0.29) is 37.0 Å². The molecule has 1 aliphatic rings. The molecule has 7 nitrogen and oxygen atoms in total. The fraction of sp³-hybridized carbons (Fsp3) is 0.500. The van der Waals surface area contributed by atoms with Crippen LogP contribution in [0.2, 0.25) is 0 Å². The Labute approximate surface area is 147 Å². The summed E-state index contributed by atoms with van der Waals surface area (Å²) in [6.07, 6.45) is 0.195. The molecule has 1 heterocycles. The van der Waals surface area contributed by atoms with E-state index in [4.69, 9.17) is 4.74 Å². The highest BCUT2D eigenvalue weighted by molar-refractivity contribution is 6.01. The quantitative estimate of drug-likeness (QED) is 0.788. The lowest BCUT2D eigenvalue weighted by Crippen LogP contribution is -2.46. The van der Waals surface area contributed by atoms with Gasteiger partial charge in [0.2, 0.25) is 5.91 Å². The number of nitrogens with one attached hydrogen (secondary N) is 1. The van der Waals surface area contributed by atoms with Gasteiger partial charge in [-0.25, -0.2) is 0 Å². The van der Waals surface area contributed by atoms with Crippen LogP contribution < -0.4 is 5.32 Å². The van der Waals surface area contributed by atoms with E-state index in [2.05, 4.69) is 5.32 Å². The topological polar surface area (TPSA) is 95.9 Å². The molecule has 0 bridgehead atoms. The minimum atomic E-state index is -0.778. The lowest BCUT2D eigenvalue weighted by atomic mass is 10.1. The summed E-state index contributed by atoms with van der Waals surface area (Å²) in [4.78, 5) is 38.2. The summed E-state index contributed by atoms with van der Waals surface area (Å²) in [5.41, 5.74) is 0.525. The first-order valence-corrected chi connectivity index (χ1v) is 8.18. The highest BCUT2D eigenvalue weighted by atomic mass is 16.6. The van der Waals surface area contributed by atoms with E-state index < -0.39 is 17.6 Å².